The largest absolute Gasteiger partial charge is 0.480 e. The number of nitrogens with two attached hydrogens (primary N) is 2. The second kappa shape index (κ2) is 19.5. The highest BCUT2D eigenvalue weighted by Crippen LogP contribution is 2.26. The van der Waals surface area contributed by atoms with Crippen LogP contribution >= 0.6 is 0 Å². The first kappa shape index (κ1) is 32.0. The Kier molecular flexibility index (Phi) is 20.1. The molecule has 1 aliphatic rings. The Morgan fingerprint density at radius 2 is 1.48 bits per heavy atom. The molecule has 0 unspecified atom stereocenters. The third-order valence-electron chi connectivity index (χ3n) is 5.21. The van der Waals surface area contributed by atoms with Gasteiger partial charge >= 0.3 is 11.9 Å². The summed E-state index contributed by atoms with van der Waals surface area (Å²) in [5.41, 5.74) is 10.3. The summed E-state index contributed by atoms with van der Waals surface area (Å²) in [5.74, 6) is -0.0418. The molecule has 0 saturated heterocycles. The van der Waals surface area contributed by atoms with Gasteiger partial charge < -0.3 is 32.1 Å². The number of aliphatic hydroxyl groups excluding tert-OH is 1. The number of rotatable bonds is 11. The van der Waals surface area contributed by atoms with Crippen LogP contribution in [0, 0.1) is 17.8 Å². The molecule has 0 aliphatic heterocycles. The number of nitrogens with one attached hydrogen (secondary N) is 1. The molecule has 0 spiro atoms. The molecule has 0 radical (unpaired) electrons. The van der Waals surface area contributed by atoms with Gasteiger partial charge in [-0.25, -0.2) is 0 Å². The van der Waals surface area contributed by atoms with E-state index in [1.54, 1.807) is 0 Å². The number of carbonyl (C=O) groups is 2. The van der Waals surface area contributed by atoms with E-state index in [1.165, 1.54) is 45.4 Å². The van der Waals surface area contributed by atoms with Crippen LogP contribution in [0.4, 0.5) is 0 Å². The van der Waals surface area contributed by atoms with Crippen molar-refractivity contribution < 1.29 is 24.9 Å². The number of carboxylic acids is 2. The molecular weight excluding hydrogens is 398 g/mol. The maximum absolute atomic E-state index is 11.0. The molecule has 0 heterocycles. The van der Waals surface area contributed by atoms with E-state index in [0.29, 0.717) is 5.92 Å². The first-order valence-electron chi connectivity index (χ1n) is 11.7. The van der Waals surface area contributed by atoms with Crippen LogP contribution in [0.2, 0.25) is 0 Å². The fourth-order valence-corrected chi connectivity index (χ4v) is 3.41. The number of aliphatic hydroxyl groups is 1. The molecule has 31 heavy (non-hydrogen) atoms. The van der Waals surface area contributed by atoms with Gasteiger partial charge in [0.15, 0.2) is 0 Å². The summed E-state index contributed by atoms with van der Waals surface area (Å²) in [6.07, 6.45) is 10.2. The van der Waals surface area contributed by atoms with Crippen LogP contribution < -0.4 is 16.8 Å². The molecule has 0 bridgehead atoms. The average molecular weight is 448 g/mol. The van der Waals surface area contributed by atoms with Gasteiger partial charge in [-0.3, -0.25) is 9.59 Å². The van der Waals surface area contributed by atoms with Crippen molar-refractivity contribution in [3.8, 4) is 0 Å². The lowest BCUT2D eigenvalue weighted by atomic mass is 9.86. The highest BCUT2D eigenvalue weighted by atomic mass is 16.4. The van der Waals surface area contributed by atoms with Crippen LogP contribution in [0.3, 0.4) is 0 Å². The molecule has 8 heteroatoms. The van der Waals surface area contributed by atoms with E-state index in [0.717, 1.165) is 25.3 Å². The minimum absolute atomic E-state index is 0.0185. The van der Waals surface area contributed by atoms with Crippen molar-refractivity contribution in [2.75, 3.05) is 13.2 Å². The molecule has 1 aliphatic carbocycles. The minimum atomic E-state index is -0.963. The summed E-state index contributed by atoms with van der Waals surface area (Å²) >= 11 is 0. The molecule has 3 atom stereocenters. The summed E-state index contributed by atoms with van der Waals surface area (Å²) < 4.78 is 0. The van der Waals surface area contributed by atoms with Crippen molar-refractivity contribution >= 4 is 11.9 Å². The van der Waals surface area contributed by atoms with E-state index < -0.39 is 18.0 Å². The monoisotopic (exact) mass is 447 g/mol. The molecule has 186 valence electrons. The molecular formula is C23H49N3O5. The molecule has 8 nitrogen and oxygen atoms in total. The predicted molar refractivity (Wildman–Crippen MR) is 126 cm³/mol. The average Bonchev–Trinajstić information content (AvgIpc) is 2.68. The topological polar surface area (TPSA) is 159 Å². The zero-order valence-corrected chi connectivity index (χ0v) is 20.3. The van der Waals surface area contributed by atoms with Crippen molar-refractivity contribution in [3.63, 3.8) is 0 Å². The van der Waals surface area contributed by atoms with Crippen molar-refractivity contribution in [3.05, 3.63) is 0 Å². The number of hydrogen-bond donors (Lipinski definition) is 6. The number of hydrogen-bond acceptors (Lipinski definition) is 6. The van der Waals surface area contributed by atoms with Crippen molar-refractivity contribution in [1.82, 2.24) is 5.32 Å². The van der Waals surface area contributed by atoms with Crippen molar-refractivity contribution in [1.29, 1.82) is 0 Å². The van der Waals surface area contributed by atoms with Gasteiger partial charge in [-0.2, -0.15) is 0 Å². The van der Waals surface area contributed by atoms with Gasteiger partial charge in [-0.05, 0) is 50.5 Å². The molecule has 0 aromatic rings. The van der Waals surface area contributed by atoms with Gasteiger partial charge in [-0.1, -0.05) is 59.8 Å². The highest BCUT2D eigenvalue weighted by molar-refractivity contribution is 5.73. The first-order valence-corrected chi connectivity index (χ1v) is 11.7. The van der Waals surface area contributed by atoms with Crippen LogP contribution in [0.5, 0.6) is 0 Å². The minimum Gasteiger partial charge on any atom is -0.480 e. The maximum atomic E-state index is 11.0. The molecule has 1 fully saturated rings. The Morgan fingerprint density at radius 1 is 0.968 bits per heavy atom. The lowest BCUT2D eigenvalue weighted by Crippen LogP contribution is -2.41. The van der Waals surface area contributed by atoms with Crippen LogP contribution in [-0.2, 0) is 9.59 Å². The normalized spacial score (nSPS) is 17.1. The van der Waals surface area contributed by atoms with Gasteiger partial charge in [0.05, 0.1) is 6.61 Å². The Balaban J connectivity index is 0. The number of aliphatic carboxylic acids is 2. The van der Waals surface area contributed by atoms with Crippen LogP contribution in [0.25, 0.3) is 0 Å². The molecule has 0 aromatic heterocycles. The molecule has 0 amide bonds. The quantitative estimate of drug-likeness (QED) is 0.264. The van der Waals surface area contributed by atoms with Crippen LogP contribution in [0.1, 0.15) is 86.0 Å². The summed E-state index contributed by atoms with van der Waals surface area (Å²) in [4.78, 5) is 20.5. The third kappa shape index (κ3) is 20.4. The van der Waals surface area contributed by atoms with E-state index in [2.05, 4.69) is 19.2 Å². The summed E-state index contributed by atoms with van der Waals surface area (Å²) in [5, 5.41) is 28.5. The molecule has 1 rings (SSSR count). The highest BCUT2D eigenvalue weighted by Gasteiger charge is 2.20. The van der Waals surface area contributed by atoms with Gasteiger partial charge in [0.2, 0.25) is 0 Å². The smallest absolute Gasteiger partial charge is 0.320 e. The van der Waals surface area contributed by atoms with Crippen LogP contribution in [0.15, 0.2) is 0 Å². The van der Waals surface area contributed by atoms with Crippen molar-refractivity contribution in [2.24, 2.45) is 29.2 Å². The van der Waals surface area contributed by atoms with Gasteiger partial charge in [0.25, 0.3) is 0 Å². The lowest BCUT2D eigenvalue weighted by molar-refractivity contribution is -0.140. The Labute approximate surface area is 189 Å². The first-order chi connectivity index (χ1) is 14.4. The SMILES string of the molecule is CC(C)C[C@H](N)CO.CC(C)[C@H](NCCCC1CCCCC1)C(=O)O.C[C@H](N)C(=O)O. The standard InChI is InChI=1S/C14H27NO2.C6H15NO.C3H7NO2/c1-11(2)13(14(16)17)15-10-6-9-12-7-4-3-5-8-12;1-5(2)3-6(7)4-8;1-2(4)3(5)6/h11-13,15H,3-10H2,1-2H3,(H,16,17);5-6,8H,3-4,7H2,1-2H3;2H,4H2,1H3,(H,5,6)/t13-;6-;2-/m000/s1. The van der Waals surface area contributed by atoms with E-state index in [1.807, 2.05) is 13.8 Å². The zero-order chi connectivity index (χ0) is 24.4. The Hall–Kier alpha value is -1.22. The molecule has 8 N–H and O–H groups in total. The third-order valence-corrected chi connectivity index (χ3v) is 5.21. The van der Waals surface area contributed by atoms with Gasteiger partial charge in [0, 0.05) is 6.04 Å². The lowest BCUT2D eigenvalue weighted by Gasteiger charge is -2.22. The second-order valence-electron chi connectivity index (χ2n) is 9.36. The summed E-state index contributed by atoms with van der Waals surface area (Å²) in [7, 11) is 0. The summed E-state index contributed by atoms with van der Waals surface area (Å²) in [6.45, 7) is 10.5. The second-order valence-corrected chi connectivity index (χ2v) is 9.36. The van der Waals surface area contributed by atoms with E-state index in [9.17, 15) is 9.59 Å². The molecule has 0 aromatic carbocycles. The number of carboxylic acid groups (broad SMARTS) is 2. The predicted octanol–water partition coefficient (Wildman–Crippen LogP) is 2.82. The van der Waals surface area contributed by atoms with Gasteiger partial charge in [0.1, 0.15) is 12.1 Å². The summed E-state index contributed by atoms with van der Waals surface area (Å²) in [6, 6.07) is -1.14. The van der Waals surface area contributed by atoms with Crippen molar-refractivity contribution in [2.45, 2.75) is 104 Å². The maximum Gasteiger partial charge on any atom is 0.320 e. The van der Waals surface area contributed by atoms with Gasteiger partial charge in [-0.15, -0.1) is 0 Å². The fourth-order valence-electron chi connectivity index (χ4n) is 3.41. The van der Waals surface area contributed by atoms with E-state index in [4.69, 9.17) is 26.8 Å². The zero-order valence-electron chi connectivity index (χ0n) is 20.3. The van der Waals surface area contributed by atoms with Crippen LogP contribution in [-0.4, -0.2) is 58.5 Å². The molecule has 1 saturated carbocycles. The Morgan fingerprint density at radius 3 is 1.81 bits per heavy atom. The Bertz CT molecular complexity index is 452. The van der Waals surface area contributed by atoms with E-state index >= 15 is 0 Å². The van der Waals surface area contributed by atoms with E-state index in [-0.39, 0.29) is 24.6 Å². The fraction of sp³-hybridized carbons (Fsp3) is 0.913.